The highest BCUT2D eigenvalue weighted by molar-refractivity contribution is 6.31. The van der Waals surface area contributed by atoms with Crippen LogP contribution >= 0.6 is 11.6 Å². The van der Waals surface area contributed by atoms with Crippen molar-refractivity contribution in [3.8, 4) is 11.4 Å². The van der Waals surface area contributed by atoms with Crippen molar-refractivity contribution in [3.05, 3.63) is 52.5 Å². The first kappa shape index (κ1) is 17.5. The second-order valence-corrected chi connectivity index (χ2v) is 7.60. The Hall–Kier alpha value is -1.88. The number of benzene rings is 2. The number of H-pyrrole nitrogens is 1. The van der Waals surface area contributed by atoms with Crippen LogP contribution in [0.15, 0.2) is 36.4 Å². The molecular formula is C21H24ClN3O. The van der Waals surface area contributed by atoms with Gasteiger partial charge in [0.1, 0.15) is 5.82 Å². The Morgan fingerprint density at radius 1 is 1.19 bits per heavy atom. The lowest BCUT2D eigenvalue weighted by atomic mass is 10.1. The third-order valence-corrected chi connectivity index (χ3v) is 5.43. The Morgan fingerprint density at radius 2 is 1.92 bits per heavy atom. The average Bonchev–Trinajstić information content (AvgIpc) is 3.07. The fourth-order valence-corrected chi connectivity index (χ4v) is 3.97. The van der Waals surface area contributed by atoms with Crippen LogP contribution in [0.4, 0.5) is 0 Å². The van der Waals surface area contributed by atoms with E-state index in [0.717, 1.165) is 65.6 Å². The predicted octanol–water partition coefficient (Wildman–Crippen LogP) is 4.80. The first-order chi connectivity index (χ1) is 12.6. The van der Waals surface area contributed by atoms with Crippen molar-refractivity contribution in [1.82, 2.24) is 14.9 Å². The zero-order valence-electron chi connectivity index (χ0n) is 15.3. The van der Waals surface area contributed by atoms with Gasteiger partial charge >= 0.3 is 0 Å². The van der Waals surface area contributed by atoms with Crippen LogP contribution in [0, 0.1) is 6.92 Å². The van der Waals surface area contributed by atoms with E-state index in [9.17, 15) is 0 Å². The van der Waals surface area contributed by atoms with Crippen molar-refractivity contribution in [2.24, 2.45) is 0 Å². The van der Waals surface area contributed by atoms with E-state index in [1.54, 1.807) is 0 Å². The minimum absolute atomic E-state index is 0.617. The molecule has 0 saturated carbocycles. The lowest BCUT2D eigenvalue weighted by molar-refractivity contribution is 0.0407. The van der Waals surface area contributed by atoms with Crippen molar-refractivity contribution < 1.29 is 4.74 Å². The van der Waals surface area contributed by atoms with Crippen molar-refractivity contribution in [2.45, 2.75) is 32.4 Å². The number of aromatic nitrogens is 2. The van der Waals surface area contributed by atoms with Gasteiger partial charge in [-0.1, -0.05) is 35.9 Å². The summed E-state index contributed by atoms with van der Waals surface area (Å²) in [5.41, 5.74) is 5.46. The molecule has 136 valence electrons. The summed E-state index contributed by atoms with van der Waals surface area (Å²) in [5, 5.41) is 0.733. The second kappa shape index (κ2) is 7.39. The van der Waals surface area contributed by atoms with E-state index < -0.39 is 0 Å². The van der Waals surface area contributed by atoms with Gasteiger partial charge < -0.3 is 9.72 Å². The van der Waals surface area contributed by atoms with Gasteiger partial charge in [0.15, 0.2) is 0 Å². The van der Waals surface area contributed by atoms with Gasteiger partial charge in [0, 0.05) is 36.4 Å². The van der Waals surface area contributed by atoms with Crippen LogP contribution in [-0.4, -0.2) is 41.2 Å². The summed E-state index contributed by atoms with van der Waals surface area (Å²) in [6.07, 6.45) is 2.24. The third-order valence-electron chi connectivity index (χ3n) is 5.22. The fourth-order valence-electron chi connectivity index (χ4n) is 3.69. The maximum absolute atomic E-state index is 6.15. The summed E-state index contributed by atoms with van der Waals surface area (Å²) in [7, 11) is 2.20. The van der Waals surface area contributed by atoms with E-state index in [-0.39, 0.29) is 0 Å². The van der Waals surface area contributed by atoms with Gasteiger partial charge in [-0.05, 0) is 50.1 Å². The van der Waals surface area contributed by atoms with Crippen molar-refractivity contribution in [1.29, 1.82) is 0 Å². The molecule has 4 nitrogen and oxygen atoms in total. The maximum atomic E-state index is 6.15. The van der Waals surface area contributed by atoms with Crippen LogP contribution in [0.5, 0.6) is 0 Å². The van der Waals surface area contributed by atoms with Gasteiger partial charge in [-0.2, -0.15) is 0 Å². The van der Waals surface area contributed by atoms with E-state index in [2.05, 4.69) is 41.2 Å². The smallest absolute Gasteiger partial charge is 0.138 e. The molecule has 0 bridgehead atoms. The fraction of sp³-hybridized carbons (Fsp3) is 0.381. The molecule has 0 radical (unpaired) electrons. The van der Waals surface area contributed by atoms with Gasteiger partial charge in [0.2, 0.25) is 0 Å². The molecule has 2 aromatic carbocycles. The molecule has 0 unspecified atom stereocenters. The Bertz CT molecular complexity index is 898. The number of aryl methyl sites for hydroxylation is 1. The number of fused-ring (bicyclic) bond motifs is 1. The number of ether oxygens (including phenoxy) is 1. The highest BCUT2D eigenvalue weighted by atomic mass is 35.5. The number of halogens is 1. The molecule has 1 N–H and O–H groups in total. The Labute approximate surface area is 159 Å². The number of aromatic amines is 1. The number of nitrogens with zero attached hydrogens (tertiary/aromatic N) is 2. The Balaban J connectivity index is 1.51. The van der Waals surface area contributed by atoms with E-state index in [1.165, 1.54) is 5.56 Å². The standard InChI is InChI=1S/C21H24ClN3O/c1-14-11-17(22)12-19-20(14)24-21(23-19)16-5-3-15(4-6-16)13-25(2)18-7-9-26-10-8-18/h3-6,11-12,18H,7-10,13H2,1-2H3,(H,23,24). The molecule has 1 aliphatic heterocycles. The molecule has 1 saturated heterocycles. The highest BCUT2D eigenvalue weighted by Crippen LogP contribution is 2.26. The number of nitrogens with one attached hydrogen (secondary N) is 1. The normalized spacial score (nSPS) is 15.8. The van der Waals surface area contributed by atoms with E-state index >= 15 is 0 Å². The van der Waals surface area contributed by atoms with Gasteiger partial charge in [0.05, 0.1) is 11.0 Å². The molecule has 0 spiro atoms. The van der Waals surface area contributed by atoms with Gasteiger partial charge in [-0.15, -0.1) is 0 Å². The zero-order valence-corrected chi connectivity index (χ0v) is 16.0. The predicted molar refractivity (Wildman–Crippen MR) is 107 cm³/mol. The van der Waals surface area contributed by atoms with E-state index in [1.807, 2.05) is 19.1 Å². The van der Waals surface area contributed by atoms with Crippen LogP contribution in [0.1, 0.15) is 24.0 Å². The van der Waals surface area contributed by atoms with Crippen LogP contribution < -0.4 is 0 Å². The number of imidazole rings is 1. The minimum atomic E-state index is 0.617. The first-order valence-electron chi connectivity index (χ1n) is 9.13. The number of rotatable bonds is 4. The summed E-state index contributed by atoms with van der Waals surface area (Å²) < 4.78 is 5.46. The van der Waals surface area contributed by atoms with Crippen molar-refractivity contribution in [3.63, 3.8) is 0 Å². The third kappa shape index (κ3) is 3.63. The molecule has 2 heterocycles. The van der Waals surface area contributed by atoms with Crippen LogP contribution in [-0.2, 0) is 11.3 Å². The first-order valence-corrected chi connectivity index (χ1v) is 9.51. The zero-order chi connectivity index (χ0) is 18.1. The molecule has 1 aliphatic rings. The summed E-state index contributed by atoms with van der Waals surface area (Å²) in [4.78, 5) is 10.6. The molecule has 26 heavy (non-hydrogen) atoms. The lowest BCUT2D eigenvalue weighted by Gasteiger charge is -2.31. The SMILES string of the molecule is Cc1cc(Cl)cc2[nH]c(-c3ccc(CN(C)C4CCOCC4)cc3)nc12. The number of hydrogen-bond acceptors (Lipinski definition) is 3. The second-order valence-electron chi connectivity index (χ2n) is 7.16. The highest BCUT2D eigenvalue weighted by Gasteiger charge is 2.18. The quantitative estimate of drug-likeness (QED) is 0.718. The van der Waals surface area contributed by atoms with E-state index in [4.69, 9.17) is 21.3 Å². The topological polar surface area (TPSA) is 41.2 Å². The molecule has 0 amide bonds. The maximum Gasteiger partial charge on any atom is 0.138 e. The molecule has 1 fully saturated rings. The monoisotopic (exact) mass is 369 g/mol. The summed E-state index contributed by atoms with van der Waals surface area (Å²) in [5.74, 6) is 0.884. The molecule has 0 aliphatic carbocycles. The number of hydrogen-bond donors (Lipinski definition) is 1. The van der Waals surface area contributed by atoms with Crippen LogP contribution in [0.25, 0.3) is 22.4 Å². The Morgan fingerprint density at radius 3 is 2.65 bits per heavy atom. The van der Waals surface area contributed by atoms with Crippen molar-refractivity contribution >= 4 is 22.6 Å². The minimum Gasteiger partial charge on any atom is -0.381 e. The van der Waals surface area contributed by atoms with Crippen LogP contribution in [0.2, 0.25) is 5.02 Å². The largest absolute Gasteiger partial charge is 0.381 e. The Kier molecular flexibility index (Phi) is 4.98. The van der Waals surface area contributed by atoms with Crippen LogP contribution in [0.3, 0.4) is 0 Å². The molecule has 4 rings (SSSR count). The lowest BCUT2D eigenvalue weighted by Crippen LogP contribution is -2.36. The van der Waals surface area contributed by atoms with Gasteiger partial charge in [-0.3, -0.25) is 4.90 Å². The van der Waals surface area contributed by atoms with Gasteiger partial charge in [0.25, 0.3) is 0 Å². The summed E-state index contributed by atoms with van der Waals surface area (Å²) in [6, 6.07) is 13.2. The summed E-state index contributed by atoms with van der Waals surface area (Å²) >= 11 is 6.15. The average molecular weight is 370 g/mol. The molecule has 1 aromatic heterocycles. The molecule has 3 aromatic rings. The molecular weight excluding hydrogens is 346 g/mol. The summed E-state index contributed by atoms with van der Waals surface area (Å²) in [6.45, 7) is 4.75. The van der Waals surface area contributed by atoms with Gasteiger partial charge in [-0.25, -0.2) is 4.98 Å². The molecule has 5 heteroatoms. The molecule has 0 atom stereocenters. The van der Waals surface area contributed by atoms with Crippen molar-refractivity contribution in [2.75, 3.05) is 20.3 Å². The van der Waals surface area contributed by atoms with E-state index in [0.29, 0.717) is 6.04 Å².